The minimum atomic E-state index is -3.32. The van der Waals surface area contributed by atoms with E-state index in [1.807, 2.05) is 42.5 Å². The summed E-state index contributed by atoms with van der Waals surface area (Å²) in [6.45, 7) is 0. The van der Waals surface area contributed by atoms with E-state index in [2.05, 4.69) is 9.97 Å². The summed E-state index contributed by atoms with van der Waals surface area (Å²) < 4.78 is 29.5. The van der Waals surface area contributed by atoms with E-state index in [1.165, 1.54) is 18.6 Å². The summed E-state index contributed by atoms with van der Waals surface area (Å²) in [6.07, 6.45) is 2.57. The van der Waals surface area contributed by atoms with Gasteiger partial charge >= 0.3 is 0 Å². The Morgan fingerprint density at radius 3 is 2.48 bits per heavy atom. The summed E-state index contributed by atoms with van der Waals surface area (Å²) in [5.74, 6) is 0.953. The fraction of sp³-hybridized carbons (Fsp3) is 0.0526. The van der Waals surface area contributed by atoms with Crippen molar-refractivity contribution in [3.63, 3.8) is 0 Å². The molecular formula is C19H14N2O3S. The third-order valence-electron chi connectivity index (χ3n) is 3.93. The van der Waals surface area contributed by atoms with Gasteiger partial charge in [0, 0.05) is 6.26 Å². The maximum Gasteiger partial charge on any atom is 0.230 e. The first-order valence-electron chi connectivity index (χ1n) is 7.62. The smallest absolute Gasteiger partial charge is 0.230 e. The number of aromatic nitrogens is 2. The van der Waals surface area contributed by atoms with Crippen molar-refractivity contribution in [3.8, 4) is 11.6 Å². The number of rotatable bonds is 3. The van der Waals surface area contributed by atoms with Crippen LogP contribution in [0.5, 0.6) is 11.6 Å². The lowest BCUT2D eigenvalue weighted by atomic mass is 10.1. The molecule has 1 heterocycles. The maximum absolute atomic E-state index is 11.8. The average molecular weight is 350 g/mol. The standard InChI is InChI=1S/C19H14N2O3S/c1-25(22,23)16-8-9-18-17(11-16)19(21-12-20-18)24-15-7-6-13-4-2-3-5-14(13)10-15/h2-12H,1H3. The monoisotopic (exact) mass is 350 g/mol. The number of ether oxygens (including phenoxy) is 1. The molecule has 0 saturated heterocycles. The molecule has 1 aromatic heterocycles. The second-order valence-electron chi connectivity index (χ2n) is 5.74. The predicted octanol–water partition coefficient (Wildman–Crippen LogP) is 3.98. The molecule has 0 aliphatic carbocycles. The highest BCUT2D eigenvalue weighted by molar-refractivity contribution is 7.90. The summed E-state index contributed by atoms with van der Waals surface area (Å²) in [5.41, 5.74) is 0.623. The van der Waals surface area contributed by atoms with Crippen molar-refractivity contribution in [3.05, 3.63) is 67.0 Å². The number of sulfone groups is 1. The third-order valence-corrected chi connectivity index (χ3v) is 5.04. The molecule has 0 saturated carbocycles. The first kappa shape index (κ1) is 15.5. The van der Waals surface area contributed by atoms with Crippen LogP contribution in [0.1, 0.15) is 0 Å². The van der Waals surface area contributed by atoms with Gasteiger partial charge in [-0.05, 0) is 41.1 Å². The van der Waals surface area contributed by atoms with E-state index in [4.69, 9.17) is 4.74 Å². The van der Waals surface area contributed by atoms with Crippen molar-refractivity contribution in [2.45, 2.75) is 4.90 Å². The quantitative estimate of drug-likeness (QED) is 0.559. The molecule has 0 aliphatic heterocycles. The second kappa shape index (κ2) is 5.82. The van der Waals surface area contributed by atoms with Crippen molar-refractivity contribution in [1.82, 2.24) is 9.97 Å². The normalized spacial score (nSPS) is 11.7. The molecule has 0 unspecified atom stereocenters. The SMILES string of the molecule is CS(=O)(=O)c1ccc2ncnc(Oc3ccc4ccccc4c3)c2c1. The Balaban J connectivity index is 1.82. The van der Waals surface area contributed by atoms with Gasteiger partial charge in [-0.3, -0.25) is 0 Å². The average Bonchev–Trinajstić information content (AvgIpc) is 2.61. The number of hydrogen-bond acceptors (Lipinski definition) is 5. The molecule has 0 aliphatic rings. The third kappa shape index (κ3) is 3.04. The van der Waals surface area contributed by atoms with Crippen LogP contribution in [0, 0.1) is 0 Å². The van der Waals surface area contributed by atoms with Crippen LogP contribution in [-0.4, -0.2) is 24.6 Å². The lowest BCUT2D eigenvalue weighted by molar-refractivity contribution is 0.469. The maximum atomic E-state index is 11.8. The molecule has 0 radical (unpaired) electrons. The zero-order valence-corrected chi connectivity index (χ0v) is 14.2. The number of benzene rings is 3. The highest BCUT2D eigenvalue weighted by atomic mass is 32.2. The first-order valence-corrected chi connectivity index (χ1v) is 9.51. The lowest BCUT2D eigenvalue weighted by Crippen LogP contribution is -1.98. The number of hydrogen-bond donors (Lipinski definition) is 0. The molecule has 5 nitrogen and oxygen atoms in total. The van der Waals surface area contributed by atoms with E-state index >= 15 is 0 Å². The van der Waals surface area contributed by atoms with Gasteiger partial charge in [0.1, 0.15) is 12.1 Å². The molecule has 0 N–H and O–H groups in total. The van der Waals surface area contributed by atoms with Crippen molar-refractivity contribution >= 4 is 31.5 Å². The molecule has 3 aromatic carbocycles. The minimum Gasteiger partial charge on any atom is -0.438 e. The summed E-state index contributed by atoms with van der Waals surface area (Å²) in [7, 11) is -3.32. The van der Waals surface area contributed by atoms with Crippen LogP contribution < -0.4 is 4.74 Å². The molecule has 6 heteroatoms. The Hall–Kier alpha value is -2.99. The molecule has 0 amide bonds. The van der Waals surface area contributed by atoms with E-state index in [1.54, 1.807) is 12.1 Å². The van der Waals surface area contributed by atoms with E-state index in [0.29, 0.717) is 22.5 Å². The largest absolute Gasteiger partial charge is 0.438 e. The Morgan fingerprint density at radius 1 is 0.880 bits per heavy atom. The predicted molar refractivity (Wildman–Crippen MR) is 96.7 cm³/mol. The zero-order chi connectivity index (χ0) is 17.4. The summed E-state index contributed by atoms with van der Waals surface area (Å²) in [4.78, 5) is 8.55. The van der Waals surface area contributed by atoms with E-state index in [-0.39, 0.29) is 4.90 Å². The molecule has 0 bridgehead atoms. The van der Waals surface area contributed by atoms with Crippen LogP contribution >= 0.6 is 0 Å². The molecule has 0 spiro atoms. The second-order valence-corrected chi connectivity index (χ2v) is 7.76. The zero-order valence-electron chi connectivity index (χ0n) is 13.4. The Kier molecular flexibility index (Phi) is 3.62. The molecule has 124 valence electrons. The highest BCUT2D eigenvalue weighted by Gasteiger charge is 2.12. The van der Waals surface area contributed by atoms with Gasteiger partial charge < -0.3 is 4.74 Å². The van der Waals surface area contributed by atoms with Crippen LogP contribution in [-0.2, 0) is 9.84 Å². The number of nitrogens with zero attached hydrogens (tertiary/aromatic N) is 2. The van der Waals surface area contributed by atoms with Crippen LogP contribution in [0.3, 0.4) is 0 Å². The summed E-state index contributed by atoms with van der Waals surface area (Å²) in [6, 6.07) is 18.4. The van der Waals surface area contributed by atoms with Crippen LogP contribution in [0.2, 0.25) is 0 Å². The van der Waals surface area contributed by atoms with Crippen LogP contribution in [0.15, 0.2) is 71.9 Å². The molecule has 4 rings (SSSR count). The van der Waals surface area contributed by atoms with E-state index < -0.39 is 9.84 Å². The topological polar surface area (TPSA) is 69.2 Å². The molecule has 0 fully saturated rings. The minimum absolute atomic E-state index is 0.207. The van der Waals surface area contributed by atoms with Crippen molar-refractivity contribution in [1.29, 1.82) is 0 Å². The lowest BCUT2D eigenvalue weighted by Gasteiger charge is -2.09. The van der Waals surface area contributed by atoms with Gasteiger partial charge in [0.05, 0.1) is 15.8 Å². The number of fused-ring (bicyclic) bond motifs is 2. The highest BCUT2D eigenvalue weighted by Crippen LogP contribution is 2.30. The van der Waals surface area contributed by atoms with Gasteiger partial charge in [0.15, 0.2) is 9.84 Å². The van der Waals surface area contributed by atoms with Crippen molar-refractivity contribution < 1.29 is 13.2 Å². The fourth-order valence-corrected chi connectivity index (χ4v) is 3.31. The first-order chi connectivity index (χ1) is 12.0. The van der Waals surface area contributed by atoms with Crippen molar-refractivity contribution in [2.75, 3.05) is 6.26 Å². The van der Waals surface area contributed by atoms with Gasteiger partial charge in [-0.1, -0.05) is 30.3 Å². The van der Waals surface area contributed by atoms with Crippen molar-refractivity contribution in [2.24, 2.45) is 0 Å². The van der Waals surface area contributed by atoms with Gasteiger partial charge in [-0.2, -0.15) is 0 Å². The molecule has 4 aromatic rings. The molecular weight excluding hydrogens is 336 g/mol. The van der Waals surface area contributed by atoms with Crippen LogP contribution in [0.4, 0.5) is 0 Å². The Bertz CT molecular complexity index is 1200. The Morgan fingerprint density at radius 2 is 1.68 bits per heavy atom. The van der Waals surface area contributed by atoms with Gasteiger partial charge in [0.2, 0.25) is 5.88 Å². The van der Waals surface area contributed by atoms with E-state index in [9.17, 15) is 8.42 Å². The van der Waals surface area contributed by atoms with Gasteiger partial charge in [-0.25, -0.2) is 18.4 Å². The van der Waals surface area contributed by atoms with Gasteiger partial charge in [-0.15, -0.1) is 0 Å². The van der Waals surface area contributed by atoms with E-state index in [0.717, 1.165) is 10.8 Å². The molecule has 25 heavy (non-hydrogen) atoms. The fourth-order valence-electron chi connectivity index (χ4n) is 2.67. The summed E-state index contributed by atoms with van der Waals surface area (Å²) in [5, 5.41) is 2.72. The van der Waals surface area contributed by atoms with Crippen LogP contribution in [0.25, 0.3) is 21.7 Å². The van der Waals surface area contributed by atoms with Gasteiger partial charge in [0.25, 0.3) is 0 Å². The molecule has 0 atom stereocenters. The Labute approximate surface area is 144 Å². The summed E-state index contributed by atoms with van der Waals surface area (Å²) >= 11 is 0.